The Labute approximate surface area is 198 Å². The van der Waals surface area contributed by atoms with Gasteiger partial charge < -0.3 is 10.2 Å². The number of hydrogen-bond donors (Lipinski definition) is 2. The normalized spacial score (nSPS) is 15.9. The predicted octanol–water partition coefficient (Wildman–Crippen LogP) is 2.59. The van der Waals surface area contributed by atoms with Crippen LogP contribution in [0.2, 0.25) is 0 Å². The molecule has 1 amide bonds. The zero-order chi connectivity index (χ0) is 24.8. The van der Waals surface area contributed by atoms with Gasteiger partial charge in [-0.05, 0) is 41.9 Å². The summed E-state index contributed by atoms with van der Waals surface area (Å²) in [6.07, 6.45) is -4.52. The molecular weight excluding hydrogens is 469 g/mol. The molecule has 7 nitrogen and oxygen atoms in total. The summed E-state index contributed by atoms with van der Waals surface area (Å²) in [4.78, 5) is 16.5. The maximum absolute atomic E-state index is 12.7. The molecule has 1 aliphatic rings. The van der Waals surface area contributed by atoms with E-state index in [1.165, 1.54) is 24.3 Å². The molecule has 186 valence electrons. The van der Waals surface area contributed by atoms with Crippen LogP contribution in [0.4, 0.5) is 13.2 Å². The van der Waals surface area contributed by atoms with E-state index in [-0.39, 0.29) is 17.0 Å². The summed E-state index contributed by atoms with van der Waals surface area (Å²) < 4.78 is 64.8. The van der Waals surface area contributed by atoms with Crippen molar-refractivity contribution in [2.24, 2.45) is 0 Å². The Kier molecular flexibility index (Phi) is 8.69. The largest absolute Gasteiger partial charge is 0.405 e. The number of hydrogen-bond acceptors (Lipinski definition) is 5. The molecule has 0 saturated carbocycles. The van der Waals surface area contributed by atoms with Crippen molar-refractivity contribution >= 4 is 15.9 Å². The lowest BCUT2D eigenvalue weighted by molar-refractivity contribution is -0.123. The summed E-state index contributed by atoms with van der Waals surface area (Å²) in [6.45, 7) is 6.48. The molecule has 0 atom stereocenters. The molecule has 11 heteroatoms. The van der Waals surface area contributed by atoms with E-state index in [4.69, 9.17) is 0 Å². The number of carbonyl (C=O) groups excluding carboxylic acids is 1. The molecular formula is C23H29F3N4O3S. The van der Waals surface area contributed by atoms with Crippen LogP contribution in [0.15, 0.2) is 53.4 Å². The zero-order valence-corrected chi connectivity index (χ0v) is 19.8. The SMILES string of the molecule is CCN1CCN(Cc2ccccc2CNS(=O)(=O)c2ccc(C(=O)NCC(F)(F)F)cc2)CC1. The maximum atomic E-state index is 12.7. The lowest BCUT2D eigenvalue weighted by atomic mass is 10.1. The molecule has 3 rings (SSSR count). The Morgan fingerprint density at radius 2 is 1.53 bits per heavy atom. The van der Waals surface area contributed by atoms with E-state index < -0.39 is 28.7 Å². The topological polar surface area (TPSA) is 81.8 Å². The summed E-state index contributed by atoms with van der Waals surface area (Å²) in [5.74, 6) is -0.928. The first-order chi connectivity index (χ1) is 16.1. The number of amides is 1. The lowest BCUT2D eigenvalue weighted by Crippen LogP contribution is -2.45. The van der Waals surface area contributed by atoms with Crippen LogP contribution in [-0.2, 0) is 23.1 Å². The zero-order valence-electron chi connectivity index (χ0n) is 18.9. The highest BCUT2D eigenvalue weighted by Crippen LogP contribution is 2.17. The van der Waals surface area contributed by atoms with Gasteiger partial charge in [-0.1, -0.05) is 31.2 Å². The van der Waals surface area contributed by atoms with Crippen molar-refractivity contribution in [3.05, 3.63) is 65.2 Å². The molecule has 0 unspecified atom stereocenters. The number of carbonyl (C=O) groups is 1. The molecule has 0 radical (unpaired) electrons. The predicted molar refractivity (Wildman–Crippen MR) is 123 cm³/mol. The number of benzene rings is 2. The van der Waals surface area contributed by atoms with Crippen molar-refractivity contribution in [2.75, 3.05) is 39.3 Å². The number of likely N-dealkylation sites (N-methyl/N-ethyl adjacent to an activating group) is 1. The average Bonchev–Trinajstić information content (AvgIpc) is 2.82. The Hall–Kier alpha value is -2.47. The Bertz CT molecular complexity index is 1070. The third kappa shape index (κ3) is 7.52. The second-order valence-electron chi connectivity index (χ2n) is 8.13. The second kappa shape index (κ2) is 11.3. The fourth-order valence-corrected chi connectivity index (χ4v) is 4.72. The van der Waals surface area contributed by atoms with E-state index in [0.717, 1.165) is 50.4 Å². The van der Waals surface area contributed by atoms with E-state index in [1.807, 2.05) is 24.3 Å². The third-order valence-corrected chi connectivity index (χ3v) is 7.17. The van der Waals surface area contributed by atoms with Gasteiger partial charge in [0.2, 0.25) is 10.0 Å². The van der Waals surface area contributed by atoms with Gasteiger partial charge in [-0.15, -0.1) is 0 Å². The third-order valence-electron chi connectivity index (χ3n) is 5.75. The number of nitrogens with zero attached hydrogens (tertiary/aromatic N) is 2. The highest BCUT2D eigenvalue weighted by Gasteiger charge is 2.28. The number of sulfonamides is 1. The lowest BCUT2D eigenvalue weighted by Gasteiger charge is -2.34. The highest BCUT2D eigenvalue weighted by atomic mass is 32.2. The first kappa shape index (κ1) is 26.1. The molecule has 0 bridgehead atoms. The molecule has 2 N–H and O–H groups in total. The minimum Gasteiger partial charge on any atom is -0.343 e. The number of nitrogens with one attached hydrogen (secondary N) is 2. The van der Waals surface area contributed by atoms with Crippen molar-refractivity contribution in [2.45, 2.75) is 31.1 Å². The highest BCUT2D eigenvalue weighted by molar-refractivity contribution is 7.89. The van der Waals surface area contributed by atoms with Crippen LogP contribution in [0, 0.1) is 0 Å². The van der Waals surface area contributed by atoms with Gasteiger partial charge in [0.25, 0.3) is 5.91 Å². The summed E-state index contributed by atoms with van der Waals surface area (Å²) in [5, 5.41) is 1.75. The number of alkyl halides is 3. The fourth-order valence-electron chi connectivity index (χ4n) is 3.71. The van der Waals surface area contributed by atoms with Gasteiger partial charge >= 0.3 is 6.18 Å². The number of rotatable bonds is 9. The van der Waals surface area contributed by atoms with Crippen molar-refractivity contribution in [3.8, 4) is 0 Å². The van der Waals surface area contributed by atoms with Gasteiger partial charge in [0, 0.05) is 44.8 Å². The van der Waals surface area contributed by atoms with Crippen LogP contribution in [0.1, 0.15) is 28.4 Å². The van der Waals surface area contributed by atoms with Gasteiger partial charge in [-0.2, -0.15) is 13.2 Å². The Morgan fingerprint density at radius 1 is 0.941 bits per heavy atom. The summed E-state index contributed by atoms with van der Waals surface area (Å²) in [7, 11) is -3.88. The summed E-state index contributed by atoms with van der Waals surface area (Å²) >= 11 is 0. The minimum atomic E-state index is -4.52. The monoisotopic (exact) mass is 498 g/mol. The standard InChI is InChI=1S/C23H29F3N4O3S/c1-2-29-11-13-30(14-12-29)16-20-6-4-3-5-19(20)15-28-34(32,33)21-9-7-18(8-10-21)22(31)27-17-23(24,25)26/h3-10,28H,2,11-17H2,1H3,(H,27,31). The van der Waals surface area contributed by atoms with Gasteiger partial charge in [0.15, 0.2) is 0 Å². The first-order valence-corrected chi connectivity index (χ1v) is 12.5. The van der Waals surface area contributed by atoms with Crippen LogP contribution >= 0.6 is 0 Å². The molecule has 2 aromatic rings. The Morgan fingerprint density at radius 3 is 2.12 bits per heavy atom. The van der Waals surface area contributed by atoms with E-state index in [1.54, 1.807) is 5.32 Å². The Balaban J connectivity index is 1.60. The van der Waals surface area contributed by atoms with E-state index >= 15 is 0 Å². The average molecular weight is 499 g/mol. The summed E-state index contributed by atoms with van der Waals surface area (Å²) in [5.41, 5.74) is 1.86. The van der Waals surface area contributed by atoms with Crippen molar-refractivity contribution in [3.63, 3.8) is 0 Å². The summed E-state index contributed by atoms with van der Waals surface area (Å²) in [6, 6.07) is 12.4. The smallest absolute Gasteiger partial charge is 0.343 e. The molecule has 2 aromatic carbocycles. The van der Waals surface area contributed by atoms with Crippen LogP contribution in [-0.4, -0.2) is 69.6 Å². The van der Waals surface area contributed by atoms with E-state index in [9.17, 15) is 26.4 Å². The molecule has 1 heterocycles. The second-order valence-corrected chi connectivity index (χ2v) is 9.89. The maximum Gasteiger partial charge on any atom is 0.405 e. The molecule has 0 aromatic heterocycles. The van der Waals surface area contributed by atoms with E-state index in [0.29, 0.717) is 0 Å². The van der Waals surface area contributed by atoms with Gasteiger partial charge in [0.05, 0.1) is 4.90 Å². The van der Waals surface area contributed by atoms with Gasteiger partial charge in [-0.3, -0.25) is 9.69 Å². The molecule has 34 heavy (non-hydrogen) atoms. The minimum absolute atomic E-state index is 0.0586. The van der Waals surface area contributed by atoms with Gasteiger partial charge in [0.1, 0.15) is 6.54 Å². The van der Waals surface area contributed by atoms with Gasteiger partial charge in [-0.25, -0.2) is 13.1 Å². The van der Waals surface area contributed by atoms with Crippen molar-refractivity contribution in [1.29, 1.82) is 0 Å². The molecule has 1 saturated heterocycles. The molecule has 1 aliphatic heterocycles. The first-order valence-electron chi connectivity index (χ1n) is 11.0. The number of piperazine rings is 1. The molecule has 0 aliphatic carbocycles. The fraction of sp³-hybridized carbons (Fsp3) is 0.435. The van der Waals surface area contributed by atoms with Crippen LogP contribution in [0.3, 0.4) is 0 Å². The van der Waals surface area contributed by atoms with Crippen molar-refractivity contribution in [1.82, 2.24) is 19.8 Å². The van der Waals surface area contributed by atoms with Crippen LogP contribution < -0.4 is 10.0 Å². The van der Waals surface area contributed by atoms with E-state index in [2.05, 4.69) is 21.4 Å². The molecule has 1 fully saturated rings. The van der Waals surface area contributed by atoms with Crippen molar-refractivity contribution < 1.29 is 26.4 Å². The van der Waals surface area contributed by atoms with Crippen LogP contribution in [0.5, 0.6) is 0 Å². The quantitative estimate of drug-likeness (QED) is 0.556. The molecule has 0 spiro atoms. The number of halogens is 3. The van der Waals surface area contributed by atoms with Crippen LogP contribution in [0.25, 0.3) is 0 Å².